The van der Waals surface area contributed by atoms with E-state index in [1.807, 2.05) is 18.2 Å². The first kappa shape index (κ1) is 16.7. The third-order valence-corrected chi connectivity index (χ3v) is 3.36. The Morgan fingerprint density at radius 3 is 2.39 bits per heavy atom. The smallest absolute Gasteiger partial charge is 0.267 e. The van der Waals surface area contributed by atoms with Crippen molar-refractivity contribution in [2.45, 2.75) is 0 Å². The van der Waals surface area contributed by atoms with E-state index in [0.717, 1.165) is 11.6 Å². The second-order valence-electron chi connectivity index (χ2n) is 4.65. The van der Waals surface area contributed by atoms with Gasteiger partial charge in [-0.05, 0) is 29.3 Å². The molecule has 0 radical (unpaired) electrons. The number of amides is 1. The van der Waals surface area contributed by atoms with Crippen LogP contribution in [0.3, 0.4) is 0 Å². The van der Waals surface area contributed by atoms with Crippen molar-refractivity contribution in [1.29, 1.82) is 0 Å². The molecule has 0 spiro atoms. The Hall–Kier alpha value is -2.69. The maximum Gasteiger partial charge on any atom is 0.267 e. The number of benzene rings is 2. The number of carbonyl (C=O) groups excluding carboxylic acids is 2. The first-order chi connectivity index (χ1) is 11.1. The predicted octanol–water partition coefficient (Wildman–Crippen LogP) is 3.75. The summed E-state index contributed by atoms with van der Waals surface area (Å²) in [5, 5.41) is 8.85. The zero-order valence-corrected chi connectivity index (χ0v) is 12.8. The third kappa shape index (κ3) is 4.92. The van der Waals surface area contributed by atoms with E-state index in [9.17, 15) is 9.59 Å². The summed E-state index contributed by atoms with van der Waals surface area (Å²) in [5.74, 6) is -0.733. The molecule has 0 aliphatic heterocycles. The number of carbonyl (C=O) groups is 2. The Balaban J connectivity index is 2.11. The molecule has 0 atom stereocenters. The van der Waals surface area contributed by atoms with Crippen molar-refractivity contribution in [1.82, 2.24) is 5.48 Å². The van der Waals surface area contributed by atoms with E-state index >= 15 is 0 Å². The maximum absolute atomic E-state index is 12.0. The molecule has 23 heavy (non-hydrogen) atoms. The van der Waals surface area contributed by atoms with Gasteiger partial charge in [-0.3, -0.25) is 14.8 Å². The highest BCUT2D eigenvalue weighted by Crippen LogP contribution is 2.20. The molecule has 2 N–H and O–H groups in total. The summed E-state index contributed by atoms with van der Waals surface area (Å²) in [6.45, 7) is 0. The number of allylic oxidation sites excluding steroid dienone is 1. The second-order valence-corrected chi connectivity index (χ2v) is 5.06. The fraction of sp³-hybridized carbons (Fsp3) is 0. The van der Waals surface area contributed by atoms with Crippen molar-refractivity contribution in [2.75, 3.05) is 0 Å². The molecule has 2 aromatic rings. The quantitative estimate of drug-likeness (QED) is 0.380. The van der Waals surface area contributed by atoms with Crippen LogP contribution >= 0.6 is 11.6 Å². The predicted molar refractivity (Wildman–Crippen MR) is 90.2 cm³/mol. The first-order valence-corrected chi connectivity index (χ1v) is 7.17. The van der Waals surface area contributed by atoms with Crippen molar-refractivity contribution >= 4 is 35.4 Å². The van der Waals surface area contributed by atoms with Crippen LogP contribution in [0.5, 0.6) is 0 Å². The molecule has 0 bridgehead atoms. The lowest BCUT2D eigenvalue weighted by Crippen LogP contribution is -2.14. The van der Waals surface area contributed by atoms with E-state index < -0.39 is 5.91 Å². The standard InChI is InChI=1S/C18H14ClNO3/c19-16-12-13(6-8-14(16)9-11-18(22)20-23)7-10-17(21)15-4-2-1-3-5-15/h1-12,23H,(H,20,22)/b10-7+,11-9+. The molecule has 0 aliphatic rings. The summed E-state index contributed by atoms with van der Waals surface area (Å²) in [4.78, 5) is 22.9. The molecule has 2 rings (SSSR count). The van der Waals surface area contributed by atoms with Gasteiger partial charge in [0.1, 0.15) is 0 Å². The molecule has 0 unspecified atom stereocenters. The molecule has 5 heteroatoms. The first-order valence-electron chi connectivity index (χ1n) is 6.79. The summed E-state index contributed by atoms with van der Waals surface area (Å²) in [7, 11) is 0. The van der Waals surface area contributed by atoms with E-state index in [1.165, 1.54) is 17.6 Å². The Kier molecular flexibility index (Phi) is 5.86. The second kappa shape index (κ2) is 8.08. The van der Waals surface area contributed by atoms with Crippen LogP contribution in [0.15, 0.2) is 60.7 Å². The topological polar surface area (TPSA) is 66.4 Å². The van der Waals surface area contributed by atoms with Gasteiger partial charge >= 0.3 is 0 Å². The van der Waals surface area contributed by atoms with Gasteiger partial charge in [-0.2, -0.15) is 0 Å². The highest BCUT2D eigenvalue weighted by Gasteiger charge is 2.01. The van der Waals surface area contributed by atoms with Crippen LogP contribution in [0.4, 0.5) is 0 Å². The number of ketones is 1. The Morgan fingerprint density at radius 1 is 1.00 bits per heavy atom. The maximum atomic E-state index is 12.0. The van der Waals surface area contributed by atoms with E-state index in [2.05, 4.69) is 0 Å². The fourth-order valence-corrected chi connectivity index (χ4v) is 2.11. The Labute approximate surface area is 138 Å². The van der Waals surface area contributed by atoms with E-state index in [4.69, 9.17) is 16.8 Å². The molecule has 0 aliphatic carbocycles. The van der Waals surface area contributed by atoms with Gasteiger partial charge in [0.15, 0.2) is 5.78 Å². The number of halogens is 1. The SMILES string of the molecule is O=C(/C=C/c1ccc(/C=C/C(=O)c2ccccc2)cc1Cl)NO. The lowest BCUT2D eigenvalue weighted by Gasteiger charge is -2.00. The summed E-state index contributed by atoms with van der Waals surface area (Å²) in [6.07, 6.45) is 5.80. The van der Waals surface area contributed by atoms with E-state index in [0.29, 0.717) is 16.1 Å². The van der Waals surface area contributed by atoms with Gasteiger partial charge in [0.25, 0.3) is 5.91 Å². The largest absolute Gasteiger partial charge is 0.289 e. The molecule has 0 fully saturated rings. The van der Waals surface area contributed by atoms with Gasteiger partial charge in [0.05, 0.1) is 0 Å². The molecular weight excluding hydrogens is 314 g/mol. The molecule has 2 aromatic carbocycles. The van der Waals surface area contributed by atoms with Gasteiger partial charge in [-0.1, -0.05) is 60.1 Å². The molecule has 4 nitrogen and oxygen atoms in total. The van der Waals surface area contributed by atoms with Crippen molar-refractivity contribution in [3.63, 3.8) is 0 Å². The zero-order valence-electron chi connectivity index (χ0n) is 12.1. The highest BCUT2D eigenvalue weighted by atomic mass is 35.5. The van der Waals surface area contributed by atoms with Crippen LogP contribution in [0.25, 0.3) is 12.2 Å². The van der Waals surface area contributed by atoms with Crippen LogP contribution in [0.2, 0.25) is 5.02 Å². The van der Waals surface area contributed by atoms with Crippen LogP contribution in [-0.2, 0) is 4.79 Å². The van der Waals surface area contributed by atoms with Crippen LogP contribution < -0.4 is 5.48 Å². The average Bonchev–Trinajstić information content (AvgIpc) is 2.59. The van der Waals surface area contributed by atoms with Crippen LogP contribution in [0.1, 0.15) is 21.5 Å². The van der Waals surface area contributed by atoms with Crippen molar-refractivity contribution in [3.8, 4) is 0 Å². The summed E-state index contributed by atoms with van der Waals surface area (Å²) >= 11 is 6.12. The van der Waals surface area contributed by atoms with Gasteiger partial charge in [-0.25, -0.2) is 5.48 Å². The van der Waals surface area contributed by atoms with Crippen LogP contribution in [-0.4, -0.2) is 16.9 Å². The molecule has 0 saturated carbocycles. The number of hydrogen-bond donors (Lipinski definition) is 2. The van der Waals surface area contributed by atoms with Crippen molar-refractivity contribution in [3.05, 3.63) is 82.4 Å². The summed E-state index contributed by atoms with van der Waals surface area (Å²) in [5.41, 5.74) is 3.51. The average molecular weight is 328 g/mol. The molecule has 116 valence electrons. The normalized spacial score (nSPS) is 11.0. The Bertz CT molecular complexity index is 767. The van der Waals surface area contributed by atoms with Gasteiger partial charge in [0.2, 0.25) is 0 Å². The minimum atomic E-state index is -0.640. The monoisotopic (exact) mass is 327 g/mol. The molecule has 1 amide bonds. The van der Waals surface area contributed by atoms with E-state index in [1.54, 1.807) is 36.4 Å². The number of hydroxylamine groups is 1. The molecule has 0 saturated heterocycles. The van der Waals surface area contributed by atoms with Gasteiger partial charge in [0, 0.05) is 16.7 Å². The number of nitrogens with one attached hydrogen (secondary N) is 1. The summed E-state index contributed by atoms with van der Waals surface area (Å²) in [6, 6.07) is 14.1. The summed E-state index contributed by atoms with van der Waals surface area (Å²) < 4.78 is 0. The molecule has 0 heterocycles. The number of hydrogen-bond acceptors (Lipinski definition) is 3. The van der Waals surface area contributed by atoms with Gasteiger partial charge < -0.3 is 0 Å². The van der Waals surface area contributed by atoms with Crippen LogP contribution in [0, 0.1) is 0 Å². The van der Waals surface area contributed by atoms with Gasteiger partial charge in [-0.15, -0.1) is 0 Å². The number of rotatable bonds is 5. The molecular formula is C18H14ClNO3. The van der Waals surface area contributed by atoms with Crippen molar-refractivity contribution in [2.24, 2.45) is 0 Å². The minimum Gasteiger partial charge on any atom is -0.289 e. The highest BCUT2D eigenvalue weighted by molar-refractivity contribution is 6.32. The minimum absolute atomic E-state index is 0.0923. The zero-order chi connectivity index (χ0) is 16.7. The fourth-order valence-electron chi connectivity index (χ4n) is 1.86. The van der Waals surface area contributed by atoms with Crippen molar-refractivity contribution < 1.29 is 14.8 Å². The molecule has 0 aromatic heterocycles. The third-order valence-electron chi connectivity index (χ3n) is 3.03. The lowest BCUT2D eigenvalue weighted by atomic mass is 10.1. The lowest BCUT2D eigenvalue weighted by molar-refractivity contribution is -0.124. The van der Waals surface area contributed by atoms with E-state index in [-0.39, 0.29) is 5.78 Å². The Morgan fingerprint density at radius 2 is 1.74 bits per heavy atom.